The van der Waals surface area contributed by atoms with Crippen LogP contribution >= 0.6 is 0 Å². The molecule has 0 aliphatic heterocycles. The van der Waals surface area contributed by atoms with Crippen molar-refractivity contribution in [2.75, 3.05) is 5.73 Å². The second-order valence-electron chi connectivity index (χ2n) is 4.50. The maximum Gasteiger partial charge on any atom is 0.268 e. The van der Waals surface area contributed by atoms with Crippen molar-refractivity contribution < 1.29 is 4.79 Å². The number of nitrogen functional groups attached to an aromatic ring is 1. The molecule has 0 spiro atoms. The number of amides is 1. The first-order valence-electron chi connectivity index (χ1n) is 6.29. The van der Waals surface area contributed by atoms with E-state index in [0.29, 0.717) is 17.9 Å². The predicted molar refractivity (Wildman–Crippen MR) is 78.1 cm³/mol. The molecule has 3 aromatic rings. The smallest absolute Gasteiger partial charge is 0.268 e. The normalized spacial score (nSPS) is 10.6. The Bertz CT molecular complexity index is 749. The molecule has 0 aliphatic carbocycles. The van der Waals surface area contributed by atoms with Crippen molar-refractivity contribution in [3.63, 3.8) is 0 Å². The summed E-state index contributed by atoms with van der Waals surface area (Å²) in [6.07, 6.45) is 1.70. The van der Waals surface area contributed by atoms with Gasteiger partial charge in [-0.25, -0.2) is 0 Å². The minimum absolute atomic E-state index is 0.175. The van der Waals surface area contributed by atoms with Crippen LogP contribution in [0.3, 0.4) is 0 Å². The van der Waals surface area contributed by atoms with Gasteiger partial charge in [-0.15, -0.1) is 0 Å². The lowest BCUT2D eigenvalue weighted by Crippen LogP contribution is -2.23. The van der Waals surface area contributed by atoms with Gasteiger partial charge in [0.15, 0.2) is 0 Å². The van der Waals surface area contributed by atoms with Gasteiger partial charge in [0.25, 0.3) is 5.91 Å². The Labute approximate surface area is 115 Å². The Balaban J connectivity index is 1.77. The largest absolute Gasteiger partial charge is 0.397 e. The van der Waals surface area contributed by atoms with Crippen LogP contribution in [0.1, 0.15) is 16.2 Å². The van der Waals surface area contributed by atoms with E-state index < -0.39 is 0 Å². The van der Waals surface area contributed by atoms with E-state index in [0.717, 1.165) is 16.6 Å². The SMILES string of the molecule is Nc1cccc2cc(C(=O)NCc3ccccn3)[nH]c12. The number of nitrogens with two attached hydrogens (primary N) is 1. The van der Waals surface area contributed by atoms with Crippen molar-refractivity contribution in [3.05, 3.63) is 60.0 Å². The van der Waals surface area contributed by atoms with Crippen molar-refractivity contribution in [1.29, 1.82) is 0 Å². The Hall–Kier alpha value is -2.82. The van der Waals surface area contributed by atoms with Gasteiger partial charge in [-0.2, -0.15) is 0 Å². The quantitative estimate of drug-likeness (QED) is 0.634. The van der Waals surface area contributed by atoms with Crippen LogP contribution in [0, 0.1) is 0 Å². The second kappa shape index (κ2) is 5.05. The van der Waals surface area contributed by atoms with Gasteiger partial charge in [0, 0.05) is 11.6 Å². The minimum atomic E-state index is -0.175. The molecule has 0 unspecified atom stereocenters. The van der Waals surface area contributed by atoms with Crippen LogP contribution in [0.15, 0.2) is 48.7 Å². The van der Waals surface area contributed by atoms with E-state index in [-0.39, 0.29) is 5.91 Å². The molecule has 5 heteroatoms. The lowest BCUT2D eigenvalue weighted by Gasteiger charge is -2.02. The van der Waals surface area contributed by atoms with Gasteiger partial charge >= 0.3 is 0 Å². The van der Waals surface area contributed by atoms with Gasteiger partial charge in [-0.3, -0.25) is 9.78 Å². The van der Waals surface area contributed by atoms with Gasteiger partial charge < -0.3 is 16.0 Å². The zero-order chi connectivity index (χ0) is 13.9. The number of aromatic amines is 1. The summed E-state index contributed by atoms with van der Waals surface area (Å²) in [5.74, 6) is -0.175. The molecule has 100 valence electrons. The molecule has 20 heavy (non-hydrogen) atoms. The summed E-state index contributed by atoms with van der Waals surface area (Å²) in [6, 6.07) is 13.0. The van der Waals surface area contributed by atoms with Crippen molar-refractivity contribution >= 4 is 22.5 Å². The highest BCUT2D eigenvalue weighted by Gasteiger charge is 2.10. The van der Waals surface area contributed by atoms with Crippen LogP contribution in [0.5, 0.6) is 0 Å². The molecule has 0 fully saturated rings. The van der Waals surface area contributed by atoms with Crippen LogP contribution in [0.25, 0.3) is 10.9 Å². The summed E-state index contributed by atoms with van der Waals surface area (Å²) in [5, 5.41) is 3.75. The Morgan fingerprint density at radius 1 is 1.25 bits per heavy atom. The molecule has 2 heterocycles. The fraction of sp³-hybridized carbons (Fsp3) is 0.0667. The Morgan fingerprint density at radius 3 is 2.90 bits per heavy atom. The zero-order valence-corrected chi connectivity index (χ0v) is 10.8. The van der Waals surface area contributed by atoms with Gasteiger partial charge in [-0.1, -0.05) is 18.2 Å². The summed E-state index contributed by atoms with van der Waals surface area (Å²) in [4.78, 5) is 19.3. The topological polar surface area (TPSA) is 83.8 Å². The number of hydrogen-bond donors (Lipinski definition) is 3. The molecule has 0 saturated heterocycles. The Kier molecular flexibility index (Phi) is 3.09. The number of nitrogens with one attached hydrogen (secondary N) is 2. The summed E-state index contributed by atoms with van der Waals surface area (Å²) in [6.45, 7) is 0.393. The first-order valence-corrected chi connectivity index (χ1v) is 6.29. The minimum Gasteiger partial charge on any atom is -0.397 e. The molecule has 0 aliphatic rings. The summed E-state index contributed by atoms with van der Waals surface area (Å²) < 4.78 is 0. The first-order chi connectivity index (χ1) is 9.74. The van der Waals surface area contributed by atoms with Crippen LogP contribution in [0.2, 0.25) is 0 Å². The molecule has 4 N–H and O–H groups in total. The molecular weight excluding hydrogens is 252 g/mol. The number of carbonyl (C=O) groups is 1. The highest BCUT2D eigenvalue weighted by molar-refractivity contribution is 6.00. The number of fused-ring (bicyclic) bond motifs is 1. The highest BCUT2D eigenvalue weighted by Crippen LogP contribution is 2.20. The molecule has 5 nitrogen and oxygen atoms in total. The number of benzene rings is 1. The third kappa shape index (κ3) is 2.33. The van der Waals surface area contributed by atoms with Crippen LogP contribution in [-0.4, -0.2) is 15.9 Å². The van der Waals surface area contributed by atoms with Crippen molar-refractivity contribution in [2.45, 2.75) is 6.54 Å². The van der Waals surface area contributed by atoms with Gasteiger partial charge in [0.1, 0.15) is 5.69 Å². The monoisotopic (exact) mass is 266 g/mol. The summed E-state index contributed by atoms with van der Waals surface area (Å²) in [5.41, 5.74) is 8.59. The van der Waals surface area contributed by atoms with Crippen LogP contribution < -0.4 is 11.1 Å². The van der Waals surface area contributed by atoms with E-state index in [4.69, 9.17) is 5.73 Å². The second-order valence-corrected chi connectivity index (χ2v) is 4.50. The van der Waals surface area contributed by atoms with E-state index >= 15 is 0 Å². The molecule has 0 bridgehead atoms. The molecule has 1 aromatic carbocycles. The predicted octanol–water partition coefficient (Wildman–Crippen LogP) is 2.08. The molecular formula is C15H14N4O. The number of pyridine rings is 1. The number of hydrogen-bond acceptors (Lipinski definition) is 3. The highest BCUT2D eigenvalue weighted by atomic mass is 16.1. The fourth-order valence-electron chi connectivity index (χ4n) is 2.07. The third-order valence-corrected chi connectivity index (χ3v) is 3.09. The van der Waals surface area contributed by atoms with Gasteiger partial charge in [0.05, 0.1) is 23.4 Å². The fourth-order valence-corrected chi connectivity index (χ4v) is 2.07. The van der Waals surface area contributed by atoms with Gasteiger partial charge in [-0.05, 0) is 24.3 Å². The average molecular weight is 266 g/mol. The van der Waals surface area contributed by atoms with Crippen molar-refractivity contribution in [3.8, 4) is 0 Å². The van der Waals surface area contributed by atoms with Crippen LogP contribution in [0.4, 0.5) is 5.69 Å². The van der Waals surface area contributed by atoms with Crippen LogP contribution in [-0.2, 0) is 6.54 Å². The molecule has 3 rings (SSSR count). The maximum absolute atomic E-state index is 12.1. The zero-order valence-electron chi connectivity index (χ0n) is 10.8. The summed E-state index contributed by atoms with van der Waals surface area (Å²) in [7, 11) is 0. The van der Waals surface area contributed by atoms with Gasteiger partial charge in [0.2, 0.25) is 0 Å². The lowest BCUT2D eigenvalue weighted by molar-refractivity contribution is 0.0946. The molecule has 0 saturated carbocycles. The standard InChI is InChI=1S/C15H14N4O/c16-12-6-3-4-10-8-13(19-14(10)12)15(20)18-9-11-5-1-2-7-17-11/h1-8,19H,9,16H2,(H,18,20). The van der Waals surface area contributed by atoms with Crippen molar-refractivity contribution in [2.24, 2.45) is 0 Å². The molecule has 0 atom stereocenters. The number of nitrogens with zero attached hydrogens (tertiary/aromatic N) is 1. The van der Waals surface area contributed by atoms with E-state index in [1.54, 1.807) is 18.3 Å². The van der Waals surface area contributed by atoms with E-state index in [1.165, 1.54) is 0 Å². The number of aromatic nitrogens is 2. The van der Waals surface area contributed by atoms with E-state index in [1.807, 2.05) is 30.3 Å². The lowest BCUT2D eigenvalue weighted by atomic mass is 10.2. The summed E-state index contributed by atoms with van der Waals surface area (Å²) >= 11 is 0. The number of H-pyrrole nitrogens is 1. The average Bonchev–Trinajstić information content (AvgIpc) is 2.91. The number of carbonyl (C=O) groups excluding carboxylic acids is 1. The first kappa shape index (κ1) is 12.2. The number of para-hydroxylation sites is 1. The molecule has 1 amide bonds. The number of rotatable bonds is 3. The Morgan fingerprint density at radius 2 is 2.15 bits per heavy atom. The molecule has 2 aromatic heterocycles. The maximum atomic E-state index is 12.1. The van der Waals surface area contributed by atoms with Crippen molar-refractivity contribution in [1.82, 2.24) is 15.3 Å². The molecule has 0 radical (unpaired) electrons. The van der Waals surface area contributed by atoms with E-state index in [2.05, 4.69) is 15.3 Å². The number of anilines is 1. The van der Waals surface area contributed by atoms with E-state index in [9.17, 15) is 4.79 Å². The third-order valence-electron chi connectivity index (χ3n) is 3.09.